The van der Waals surface area contributed by atoms with E-state index in [-0.39, 0.29) is 12.4 Å². The summed E-state index contributed by atoms with van der Waals surface area (Å²) in [4.78, 5) is 0. The minimum atomic E-state index is 0. The maximum absolute atomic E-state index is 5.43. The maximum Gasteiger partial charge on any atom is 0.231 e. The lowest BCUT2D eigenvalue weighted by Crippen LogP contribution is -2.13. The molecule has 0 saturated heterocycles. The molecule has 1 heterocycles. The van der Waals surface area contributed by atoms with E-state index in [9.17, 15) is 0 Å². The van der Waals surface area contributed by atoms with Crippen LogP contribution in [-0.4, -0.2) is 13.3 Å². The number of benzene rings is 1. The number of fused-ring (bicyclic) bond motifs is 1. The second-order valence-electron chi connectivity index (χ2n) is 8.87. The third-order valence-corrected chi connectivity index (χ3v) is 5.52. The molecular weight excluding hydrogens is 418 g/mol. The lowest BCUT2D eigenvalue weighted by molar-refractivity contribution is 0.174. The van der Waals surface area contributed by atoms with Crippen molar-refractivity contribution in [3.05, 3.63) is 70.4 Å². The van der Waals surface area contributed by atoms with E-state index in [0.717, 1.165) is 50.3 Å². The molecule has 3 nitrogen and oxygen atoms in total. The highest BCUT2D eigenvalue weighted by Crippen LogP contribution is 2.32. The van der Waals surface area contributed by atoms with Crippen molar-refractivity contribution in [2.45, 2.75) is 79.7 Å². The lowest BCUT2D eigenvalue weighted by Gasteiger charge is -2.05. The molecule has 2 rings (SSSR count). The molecule has 1 aromatic carbocycles. The van der Waals surface area contributed by atoms with E-state index in [2.05, 4.69) is 76.4 Å². The number of halogens is 1. The summed E-state index contributed by atoms with van der Waals surface area (Å²) < 4.78 is 10.8. The molecule has 0 radical (unpaired) electrons. The van der Waals surface area contributed by atoms with Gasteiger partial charge in [-0.1, -0.05) is 52.7 Å². The fourth-order valence-corrected chi connectivity index (χ4v) is 3.50. The van der Waals surface area contributed by atoms with Crippen molar-refractivity contribution in [3.63, 3.8) is 0 Å². The van der Waals surface area contributed by atoms with Crippen LogP contribution in [0.1, 0.15) is 78.7 Å². The van der Waals surface area contributed by atoms with Crippen LogP contribution in [0.15, 0.2) is 64.8 Å². The zero-order chi connectivity index (χ0) is 22.5. The Labute approximate surface area is 202 Å². The predicted molar refractivity (Wildman–Crippen MR) is 140 cm³/mol. The number of hydrogen-bond acceptors (Lipinski definition) is 3. The maximum atomic E-state index is 5.43. The van der Waals surface area contributed by atoms with Gasteiger partial charge in [-0.2, -0.15) is 0 Å². The lowest BCUT2D eigenvalue weighted by atomic mass is 10.0. The third-order valence-electron chi connectivity index (χ3n) is 5.52. The summed E-state index contributed by atoms with van der Waals surface area (Å²) in [6, 6.07) is 6.13. The number of hydrogen-bond donors (Lipinski definition) is 1. The SMILES string of the molecule is CC(C)=CCC/C(C)=C/CCC(C)=CCC/C(C)=C/CNCc1ccc2c(c1)OCO2.Cl. The first-order valence-corrected chi connectivity index (χ1v) is 11.6. The van der Waals surface area contributed by atoms with Crippen LogP contribution < -0.4 is 14.8 Å². The normalized spacial score (nSPS) is 13.7. The minimum Gasteiger partial charge on any atom is -0.454 e. The molecule has 32 heavy (non-hydrogen) atoms. The zero-order valence-corrected chi connectivity index (χ0v) is 21.4. The Balaban J connectivity index is 0.00000512. The van der Waals surface area contributed by atoms with Gasteiger partial charge in [0.2, 0.25) is 6.79 Å². The van der Waals surface area contributed by atoms with Gasteiger partial charge in [-0.25, -0.2) is 0 Å². The summed E-state index contributed by atoms with van der Waals surface area (Å²) in [6.07, 6.45) is 16.4. The van der Waals surface area contributed by atoms with Crippen LogP contribution in [0.25, 0.3) is 0 Å². The molecular formula is C28H42ClNO2. The van der Waals surface area contributed by atoms with Gasteiger partial charge in [-0.3, -0.25) is 0 Å². The molecule has 0 aromatic heterocycles. The largest absolute Gasteiger partial charge is 0.454 e. The van der Waals surface area contributed by atoms with Crippen LogP contribution in [0.4, 0.5) is 0 Å². The molecule has 4 heteroatoms. The van der Waals surface area contributed by atoms with Crippen LogP contribution in [-0.2, 0) is 6.54 Å². The summed E-state index contributed by atoms with van der Waals surface area (Å²) >= 11 is 0. The van der Waals surface area contributed by atoms with E-state index in [4.69, 9.17) is 9.47 Å². The van der Waals surface area contributed by atoms with Crippen LogP contribution in [0.3, 0.4) is 0 Å². The van der Waals surface area contributed by atoms with Gasteiger partial charge in [0.15, 0.2) is 11.5 Å². The smallest absolute Gasteiger partial charge is 0.231 e. The number of ether oxygens (including phenoxy) is 2. The molecule has 0 amide bonds. The Bertz CT molecular complexity index is 817. The van der Waals surface area contributed by atoms with Gasteiger partial charge in [0, 0.05) is 13.1 Å². The molecule has 1 aromatic rings. The second-order valence-corrected chi connectivity index (χ2v) is 8.87. The topological polar surface area (TPSA) is 30.5 Å². The highest BCUT2D eigenvalue weighted by Gasteiger charge is 2.12. The van der Waals surface area contributed by atoms with Gasteiger partial charge < -0.3 is 14.8 Å². The van der Waals surface area contributed by atoms with Crippen molar-refractivity contribution in [3.8, 4) is 11.5 Å². The van der Waals surface area contributed by atoms with Crippen LogP contribution in [0, 0.1) is 0 Å². The Morgan fingerprint density at radius 3 is 1.97 bits per heavy atom. The van der Waals surface area contributed by atoms with Crippen molar-refractivity contribution in [2.24, 2.45) is 0 Å². The Kier molecular flexibility index (Phi) is 13.8. The van der Waals surface area contributed by atoms with Gasteiger partial charge in [-0.05, 0) is 90.8 Å². The van der Waals surface area contributed by atoms with Gasteiger partial charge >= 0.3 is 0 Å². The summed E-state index contributed by atoms with van der Waals surface area (Å²) in [6.45, 7) is 13.1. The average molecular weight is 460 g/mol. The first-order chi connectivity index (χ1) is 14.9. The molecule has 0 atom stereocenters. The van der Waals surface area contributed by atoms with Gasteiger partial charge in [0.1, 0.15) is 0 Å². The van der Waals surface area contributed by atoms with E-state index in [1.165, 1.54) is 40.7 Å². The highest BCUT2D eigenvalue weighted by molar-refractivity contribution is 5.85. The molecule has 0 aliphatic carbocycles. The summed E-state index contributed by atoms with van der Waals surface area (Å²) in [5.74, 6) is 1.69. The Hall–Kier alpha value is -1.97. The van der Waals surface area contributed by atoms with Crippen LogP contribution in [0.2, 0.25) is 0 Å². The number of rotatable bonds is 13. The number of allylic oxidation sites excluding steroid dienone is 7. The van der Waals surface area contributed by atoms with Crippen molar-refractivity contribution in [2.75, 3.05) is 13.3 Å². The van der Waals surface area contributed by atoms with Crippen molar-refractivity contribution in [1.82, 2.24) is 5.32 Å². The van der Waals surface area contributed by atoms with Crippen molar-refractivity contribution < 1.29 is 9.47 Å². The van der Waals surface area contributed by atoms with Crippen molar-refractivity contribution >= 4 is 12.4 Å². The van der Waals surface area contributed by atoms with Crippen LogP contribution in [0.5, 0.6) is 11.5 Å². The van der Waals surface area contributed by atoms with E-state index in [0.29, 0.717) is 6.79 Å². The standard InChI is InChI=1S/C28H41NO2.ClH/c1-22(2)9-6-10-23(3)11-7-12-24(4)13-8-14-25(5)17-18-29-20-26-15-16-27-28(19-26)31-21-30-27;/h9,11,13,15-17,19,29H,6-8,10,12,14,18,20-21H2,1-5H3;1H/b23-11+,24-13?,25-17+;. The second kappa shape index (κ2) is 15.8. The fraction of sp³-hybridized carbons (Fsp3) is 0.500. The van der Waals surface area contributed by atoms with Crippen molar-refractivity contribution in [1.29, 1.82) is 0 Å². The molecule has 0 saturated carbocycles. The molecule has 0 fully saturated rings. The molecule has 178 valence electrons. The minimum absolute atomic E-state index is 0. The molecule has 1 aliphatic heterocycles. The van der Waals surface area contributed by atoms with Crippen LogP contribution >= 0.6 is 12.4 Å². The quantitative estimate of drug-likeness (QED) is 0.239. The Morgan fingerprint density at radius 1 is 0.781 bits per heavy atom. The summed E-state index contributed by atoms with van der Waals surface area (Å²) in [5.41, 5.74) is 7.09. The zero-order valence-electron chi connectivity index (χ0n) is 20.6. The molecule has 1 aliphatic rings. The number of nitrogens with one attached hydrogen (secondary N) is 1. The summed E-state index contributed by atoms with van der Waals surface area (Å²) in [7, 11) is 0. The van der Waals surface area contributed by atoms with E-state index >= 15 is 0 Å². The molecule has 1 N–H and O–H groups in total. The van der Waals surface area contributed by atoms with E-state index < -0.39 is 0 Å². The van der Waals surface area contributed by atoms with E-state index in [1.807, 2.05) is 6.07 Å². The highest BCUT2D eigenvalue weighted by atomic mass is 35.5. The Morgan fingerprint density at radius 2 is 1.34 bits per heavy atom. The first kappa shape index (κ1) is 28.1. The monoisotopic (exact) mass is 459 g/mol. The predicted octanol–water partition coefficient (Wildman–Crippen LogP) is 8.07. The molecule has 0 spiro atoms. The van der Waals surface area contributed by atoms with Gasteiger partial charge in [0.05, 0.1) is 0 Å². The summed E-state index contributed by atoms with van der Waals surface area (Å²) in [5, 5.41) is 3.48. The molecule has 0 unspecified atom stereocenters. The first-order valence-electron chi connectivity index (χ1n) is 11.6. The van der Waals surface area contributed by atoms with Gasteiger partial charge in [-0.15, -0.1) is 12.4 Å². The fourth-order valence-electron chi connectivity index (χ4n) is 3.50. The molecule has 0 bridgehead atoms. The average Bonchev–Trinajstić information content (AvgIpc) is 3.19. The van der Waals surface area contributed by atoms with Gasteiger partial charge in [0.25, 0.3) is 0 Å². The third kappa shape index (κ3) is 11.6. The van der Waals surface area contributed by atoms with E-state index in [1.54, 1.807) is 0 Å².